The van der Waals surface area contributed by atoms with Crippen LogP contribution < -0.4 is 5.32 Å². The fraction of sp³-hybridized carbons (Fsp3) is 0.154. The van der Waals surface area contributed by atoms with Crippen molar-refractivity contribution in [2.75, 3.05) is 11.9 Å². The fourth-order valence-electron chi connectivity index (χ4n) is 1.74. The number of nitrogens with zero attached hydrogens (tertiary/aromatic N) is 4. The maximum Gasteiger partial charge on any atom is 0.183 e. The average molecular weight is 289 g/mol. The molecular weight excluding hydrogens is 277 g/mol. The van der Waals surface area contributed by atoms with Crippen LogP contribution in [-0.2, 0) is 6.54 Å². The highest BCUT2D eigenvalue weighted by molar-refractivity contribution is 7.14. The third-order valence-corrected chi connectivity index (χ3v) is 3.53. The van der Waals surface area contributed by atoms with E-state index in [1.54, 1.807) is 23.0 Å². The van der Waals surface area contributed by atoms with Crippen LogP contribution in [0.4, 0.5) is 9.52 Å². The summed E-state index contributed by atoms with van der Waals surface area (Å²) in [5.41, 5.74) is 1.75. The van der Waals surface area contributed by atoms with Gasteiger partial charge in [-0.25, -0.2) is 9.37 Å². The van der Waals surface area contributed by atoms with Gasteiger partial charge in [0.15, 0.2) is 5.13 Å². The number of rotatable bonds is 5. The molecule has 0 spiro atoms. The summed E-state index contributed by atoms with van der Waals surface area (Å²) in [5.74, 6) is -0.241. The van der Waals surface area contributed by atoms with Crippen LogP contribution in [0.15, 0.2) is 42.0 Å². The Labute approximate surface area is 119 Å². The molecule has 0 aliphatic rings. The second-order valence-electron chi connectivity index (χ2n) is 4.14. The number of hydrogen-bond donors (Lipinski definition) is 1. The predicted octanol–water partition coefficient (Wildman–Crippen LogP) is 2.65. The number of nitrogens with one attached hydrogen (secondary N) is 1. The van der Waals surface area contributed by atoms with Gasteiger partial charge < -0.3 is 5.32 Å². The lowest BCUT2D eigenvalue weighted by Gasteiger charge is -2.01. The molecule has 0 amide bonds. The molecule has 0 saturated carbocycles. The van der Waals surface area contributed by atoms with Gasteiger partial charge in [-0.05, 0) is 24.3 Å². The molecule has 5 nitrogen and oxygen atoms in total. The van der Waals surface area contributed by atoms with Crippen LogP contribution in [0.3, 0.4) is 0 Å². The number of thiazole rings is 1. The molecule has 7 heteroatoms. The molecule has 0 fully saturated rings. The Morgan fingerprint density at radius 1 is 1.25 bits per heavy atom. The summed E-state index contributed by atoms with van der Waals surface area (Å²) >= 11 is 1.52. The van der Waals surface area contributed by atoms with Gasteiger partial charge in [0.2, 0.25) is 0 Å². The average Bonchev–Trinajstić information content (AvgIpc) is 3.11. The Balaban J connectivity index is 1.60. The molecular formula is C13H12FN5S. The zero-order valence-corrected chi connectivity index (χ0v) is 11.3. The minimum atomic E-state index is -0.241. The Hall–Kier alpha value is -2.28. The van der Waals surface area contributed by atoms with Crippen molar-refractivity contribution < 1.29 is 4.39 Å². The van der Waals surface area contributed by atoms with Gasteiger partial charge in [0.25, 0.3) is 0 Å². The molecule has 3 rings (SSSR count). The molecule has 3 aromatic rings. The Bertz CT molecular complexity index is 662. The molecule has 0 radical (unpaired) electrons. The van der Waals surface area contributed by atoms with Crippen LogP contribution in [0.2, 0.25) is 0 Å². The van der Waals surface area contributed by atoms with Crippen molar-refractivity contribution >= 4 is 16.5 Å². The lowest BCUT2D eigenvalue weighted by atomic mass is 10.2. The van der Waals surface area contributed by atoms with Crippen LogP contribution in [0, 0.1) is 5.82 Å². The molecule has 102 valence electrons. The highest BCUT2D eigenvalue weighted by Crippen LogP contribution is 2.24. The molecule has 0 atom stereocenters. The first-order chi connectivity index (χ1) is 9.81. The first-order valence-electron chi connectivity index (χ1n) is 6.11. The predicted molar refractivity (Wildman–Crippen MR) is 76.0 cm³/mol. The molecule has 0 bridgehead atoms. The van der Waals surface area contributed by atoms with Gasteiger partial charge in [0.1, 0.15) is 5.82 Å². The molecule has 20 heavy (non-hydrogen) atoms. The Kier molecular flexibility index (Phi) is 3.69. The lowest BCUT2D eigenvalue weighted by Crippen LogP contribution is -2.10. The van der Waals surface area contributed by atoms with E-state index in [4.69, 9.17) is 0 Å². The highest BCUT2D eigenvalue weighted by Gasteiger charge is 2.04. The number of aromatic nitrogens is 4. The van der Waals surface area contributed by atoms with E-state index in [-0.39, 0.29) is 5.82 Å². The maximum atomic E-state index is 12.9. The highest BCUT2D eigenvalue weighted by atomic mass is 32.1. The van der Waals surface area contributed by atoms with Crippen LogP contribution in [-0.4, -0.2) is 26.5 Å². The second kappa shape index (κ2) is 5.79. The van der Waals surface area contributed by atoms with Crippen LogP contribution in [0.1, 0.15) is 0 Å². The minimum absolute atomic E-state index is 0.241. The van der Waals surface area contributed by atoms with Crippen molar-refractivity contribution in [3.8, 4) is 11.3 Å². The third-order valence-electron chi connectivity index (χ3n) is 2.73. The Morgan fingerprint density at radius 2 is 2.10 bits per heavy atom. The summed E-state index contributed by atoms with van der Waals surface area (Å²) in [6, 6.07) is 6.33. The van der Waals surface area contributed by atoms with Gasteiger partial charge in [0, 0.05) is 23.7 Å². The quantitative estimate of drug-likeness (QED) is 0.784. The summed E-state index contributed by atoms with van der Waals surface area (Å²) in [5, 5.41) is 13.6. The number of anilines is 1. The summed E-state index contributed by atoms with van der Waals surface area (Å²) < 4.78 is 14.6. The Morgan fingerprint density at radius 3 is 2.85 bits per heavy atom. The van der Waals surface area contributed by atoms with E-state index in [9.17, 15) is 4.39 Å². The molecule has 0 saturated heterocycles. The van der Waals surface area contributed by atoms with Gasteiger partial charge in [-0.2, -0.15) is 0 Å². The molecule has 2 heterocycles. The molecule has 1 aromatic carbocycles. The SMILES string of the molecule is Fc1ccc(-c2csc(NCCn3ccnn3)n2)cc1. The number of benzene rings is 1. The van der Waals surface area contributed by atoms with E-state index >= 15 is 0 Å². The van der Waals surface area contributed by atoms with Gasteiger partial charge >= 0.3 is 0 Å². The monoisotopic (exact) mass is 289 g/mol. The van der Waals surface area contributed by atoms with Gasteiger partial charge in [-0.15, -0.1) is 16.4 Å². The van der Waals surface area contributed by atoms with Crippen molar-refractivity contribution in [2.24, 2.45) is 0 Å². The number of halogens is 1. The van der Waals surface area contributed by atoms with Crippen molar-refractivity contribution in [2.45, 2.75) is 6.54 Å². The van der Waals surface area contributed by atoms with Crippen molar-refractivity contribution in [1.82, 2.24) is 20.0 Å². The molecule has 0 aliphatic carbocycles. The maximum absolute atomic E-state index is 12.9. The second-order valence-corrected chi connectivity index (χ2v) is 5.00. The molecule has 0 aliphatic heterocycles. The summed E-state index contributed by atoms with van der Waals surface area (Å²) in [6.45, 7) is 1.45. The molecule has 1 N–H and O–H groups in total. The van der Waals surface area contributed by atoms with E-state index < -0.39 is 0 Å². The first-order valence-corrected chi connectivity index (χ1v) is 6.99. The van der Waals surface area contributed by atoms with E-state index in [1.807, 2.05) is 11.6 Å². The van der Waals surface area contributed by atoms with Gasteiger partial charge in [-0.3, -0.25) is 4.68 Å². The zero-order chi connectivity index (χ0) is 13.8. The normalized spacial score (nSPS) is 10.7. The van der Waals surface area contributed by atoms with E-state index in [0.717, 1.165) is 29.5 Å². The molecule has 2 aromatic heterocycles. The smallest absolute Gasteiger partial charge is 0.183 e. The first kappa shape index (κ1) is 12.7. The van der Waals surface area contributed by atoms with Gasteiger partial charge in [-0.1, -0.05) is 5.21 Å². The summed E-state index contributed by atoms with van der Waals surface area (Å²) in [4.78, 5) is 4.47. The van der Waals surface area contributed by atoms with Crippen molar-refractivity contribution in [3.05, 3.63) is 47.9 Å². The van der Waals surface area contributed by atoms with E-state index in [0.29, 0.717) is 0 Å². The third kappa shape index (κ3) is 3.00. The summed E-state index contributed by atoms with van der Waals surface area (Å²) in [7, 11) is 0. The molecule has 0 unspecified atom stereocenters. The lowest BCUT2D eigenvalue weighted by molar-refractivity contribution is 0.609. The minimum Gasteiger partial charge on any atom is -0.360 e. The standard InChI is InChI=1S/C13H12FN5S/c14-11-3-1-10(2-4-11)12-9-20-13(17-12)15-5-7-19-8-6-16-18-19/h1-4,6,8-9H,5,7H2,(H,15,17). The summed E-state index contributed by atoms with van der Waals surface area (Å²) in [6.07, 6.45) is 3.46. The fourth-order valence-corrected chi connectivity index (χ4v) is 2.49. The number of hydrogen-bond acceptors (Lipinski definition) is 5. The van der Waals surface area contributed by atoms with Gasteiger partial charge in [0.05, 0.1) is 18.4 Å². The largest absolute Gasteiger partial charge is 0.360 e. The van der Waals surface area contributed by atoms with E-state index in [2.05, 4.69) is 20.6 Å². The van der Waals surface area contributed by atoms with Crippen molar-refractivity contribution in [3.63, 3.8) is 0 Å². The van der Waals surface area contributed by atoms with Crippen molar-refractivity contribution in [1.29, 1.82) is 0 Å². The van der Waals surface area contributed by atoms with Crippen LogP contribution in [0.25, 0.3) is 11.3 Å². The zero-order valence-electron chi connectivity index (χ0n) is 10.5. The van der Waals surface area contributed by atoms with E-state index in [1.165, 1.54) is 23.5 Å². The van der Waals surface area contributed by atoms with Crippen LogP contribution >= 0.6 is 11.3 Å². The topological polar surface area (TPSA) is 55.6 Å². The van der Waals surface area contributed by atoms with Crippen LogP contribution in [0.5, 0.6) is 0 Å².